The average Bonchev–Trinajstić information content (AvgIpc) is 3.23. The summed E-state index contributed by atoms with van der Waals surface area (Å²) in [4.78, 5) is 24.8. The number of rotatable bonds is 5. The van der Waals surface area contributed by atoms with Gasteiger partial charge in [0.15, 0.2) is 0 Å². The average molecular weight is 418 g/mol. The lowest BCUT2D eigenvalue weighted by Gasteiger charge is -2.58. The summed E-state index contributed by atoms with van der Waals surface area (Å²) in [5.74, 6) is 1.41. The molecule has 1 amide bonds. The van der Waals surface area contributed by atoms with Crippen molar-refractivity contribution in [2.75, 3.05) is 5.32 Å². The number of H-pyrrole nitrogens is 1. The van der Waals surface area contributed by atoms with Crippen LogP contribution in [0.4, 0.5) is 5.69 Å². The van der Waals surface area contributed by atoms with Crippen LogP contribution in [0.3, 0.4) is 0 Å². The summed E-state index contributed by atoms with van der Waals surface area (Å²) < 4.78 is 0. The second-order valence-corrected chi connectivity index (χ2v) is 9.69. The van der Waals surface area contributed by atoms with Gasteiger partial charge in [-0.15, -0.1) is 0 Å². The van der Waals surface area contributed by atoms with Gasteiger partial charge in [0.05, 0.1) is 16.9 Å². The number of nitrogens with zero attached hydrogens (tertiary/aromatic N) is 2. The van der Waals surface area contributed by atoms with Gasteiger partial charge in [0.25, 0.3) is 5.91 Å². The Morgan fingerprint density at radius 2 is 1.94 bits per heavy atom. The van der Waals surface area contributed by atoms with Crippen LogP contribution in [0.15, 0.2) is 43.0 Å². The van der Waals surface area contributed by atoms with Crippen molar-refractivity contribution in [1.82, 2.24) is 20.3 Å². The highest BCUT2D eigenvalue weighted by atomic mass is 16.3. The van der Waals surface area contributed by atoms with Crippen LogP contribution < -0.4 is 10.6 Å². The number of pyridine rings is 2. The second-order valence-electron chi connectivity index (χ2n) is 9.69. The van der Waals surface area contributed by atoms with Gasteiger partial charge in [-0.05, 0) is 73.6 Å². The molecule has 5 atom stereocenters. The highest BCUT2D eigenvalue weighted by molar-refractivity contribution is 6.06. The van der Waals surface area contributed by atoms with Gasteiger partial charge in [0.1, 0.15) is 5.65 Å². The molecule has 0 saturated heterocycles. The fourth-order valence-electron chi connectivity index (χ4n) is 6.50. The molecule has 0 aliphatic heterocycles. The van der Waals surface area contributed by atoms with Gasteiger partial charge in [0, 0.05) is 42.8 Å². The normalized spacial score (nSPS) is 31.1. The quantitative estimate of drug-likeness (QED) is 0.510. The molecular formula is C24H27N5O2. The van der Waals surface area contributed by atoms with Crippen LogP contribution in [0, 0.1) is 17.8 Å². The highest BCUT2D eigenvalue weighted by Crippen LogP contribution is 2.56. The number of hydrogen-bond donors (Lipinski definition) is 4. The van der Waals surface area contributed by atoms with Gasteiger partial charge in [-0.25, -0.2) is 4.98 Å². The Morgan fingerprint density at radius 3 is 2.68 bits per heavy atom. The zero-order valence-electron chi connectivity index (χ0n) is 17.3. The molecule has 0 spiro atoms. The summed E-state index contributed by atoms with van der Waals surface area (Å²) >= 11 is 0. The Bertz CT molecular complexity index is 1110. The molecule has 7 nitrogen and oxygen atoms in total. The van der Waals surface area contributed by atoms with Crippen molar-refractivity contribution >= 4 is 22.6 Å². The molecule has 31 heavy (non-hydrogen) atoms. The highest BCUT2D eigenvalue weighted by Gasteiger charge is 2.54. The van der Waals surface area contributed by atoms with Crippen LogP contribution in [0.5, 0.6) is 0 Å². The SMILES string of the molecule is O=C(NCc1ccncc1)c1cnc2[nH]ccc2c1N[C@H]1[C@@H]2CC3C[C@H]1C[C@@](O)(C3)C2. The molecule has 160 valence electrons. The number of carbonyl (C=O) groups excluding carboxylic acids is 1. The lowest BCUT2D eigenvalue weighted by Crippen LogP contribution is -2.59. The molecule has 0 radical (unpaired) electrons. The third kappa shape index (κ3) is 3.28. The van der Waals surface area contributed by atoms with Crippen molar-refractivity contribution in [3.05, 3.63) is 54.1 Å². The number of hydrogen-bond acceptors (Lipinski definition) is 5. The van der Waals surface area contributed by atoms with Crippen LogP contribution >= 0.6 is 0 Å². The van der Waals surface area contributed by atoms with Gasteiger partial charge in [-0.1, -0.05) is 0 Å². The number of carbonyl (C=O) groups is 1. The lowest BCUT2D eigenvalue weighted by atomic mass is 9.52. The fourth-order valence-corrected chi connectivity index (χ4v) is 6.50. The standard InChI is InChI=1S/C24H27N5O2/c30-23(28-12-14-1-4-25-5-2-14)19-13-27-22-18(3-6-26-22)21(19)29-20-16-7-15-8-17(20)11-24(31,9-15)10-16/h1-6,13,15-17,20,31H,7-12H2,(H,28,30)(H2,26,27,29)/t15?,16-,17+,20+,24-. The summed E-state index contributed by atoms with van der Waals surface area (Å²) in [7, 11) is 0. The maximum atomic E-state index is 13.1. The van der Waals surface area contributed by atoms with E-state index < -0.39 is 5.60 Å². The third-order valence-electron chi connectivity index (χ3n) is 7.59. The predicted molar refractivity (Wildman–Crippen MR) is 117 cm³/mol. The second kappa shape index (κ2) is 7.05. The minimum absolute atomic E-state index is 0.141. The maximum Gasteiger partial charge on any atom is 0.255 e. The molecule has 4 aliphatic carbocycles. The molecule has 4 fully saturated rings. The Morgan fingerprint density at radius 1 is 1.16 bits per heavy atom. The number of aromatic nitrogens is 3. The van der Waals surface area contributed by atoms with Crippen molar-refractivity contribution in [2.24, 2.45) is 17.8 Å². The number of anilines is 1. The lowest BCUT2D eigenvalue weighted by molar-refractivity contribution is -0.129. The molecule has 4 saturated carbocycles. The number of nitrogens with one attached hydrogen (secondary N) is 3. The zero-order chi connectivity index (χ0) is 21.0. The van der Waals surface area contributed by atoms with Crippen molar-refractivity contribution in [3.8, 4) is 0 Å². The molecule has 0 aromatic carbocycles. The Balaban J connectivity index is 1.30. The van der Waals surface area contributed by atoms with E-state index in [9.17, 15) is 9.90 Å². The van der Waals surface area contributed by atoms with Crippen LogP contribution in [0.1, 0.15) is 48.0 Å². The molecular weight excluding hydrogens is 390 g/mol. The summed E-state index contributed by atoms with van der Waals surface area (Å²) in [6, 6.07) is 6.05. The molecule has 3 aromatic rings. The van der Waals surface area contributed by atoms with Crippen molar-refractivity contribution < 1.29 is 9.90 Å². The van der Waals surface area contributed by atoms with E-state index >= 15 is 0 Å². The summed E-state index contributed by atoms with van der Waals surface area (Å²) in [5, 5.41) is 18.7. The van der Waals surface area contributed by atoms with E-state index in [1.54, 1.807) is 18.6 Å². The first kappa shape index (κ1) is 18.8. The topological polar surface area (TPSA) is 103 Å². The molecule has 4 aliphatic rings. The number of aliphatic hydroxyl groups is 1. The first-order valence-corrected chi connectivity index (χ1v) is 11.2. The van der Waals surface area contributed by atoms with Gasteiger partial charge in [-0.2, -0.15) is 0 Å². The van der Waals surface area contributed by atoms with Crippen molar-refractivity contribution in [1.29, 1.82) is 0 Å². The predicted octanol–water partition coefficient (Wildman–Crippen LogP) is 3.24. The van der Waals surface area contributed by atoms with E-state index in [1.165, 1.54) is 12.8 Å². The number of fused-ring (bicyclic) bond motifs is 1. The largest absolute Gasteiger partial charge is 0.390 e. The van der Waals surface area contributed by atoms with E-state index in [4.69, 9.17) is 0 Å². The molecule has 1 unspecified atom stereocenters. The van der Waals surface area contributed by atoms with E-state index in [2.05, 4.69) is 25.6 Å². The summed E-state index contributed by atoms with van der Waals surface area (Å²) in [6.45, 7) is 0.440. The van der Waals surface area contributed by atoms with Crippen LogP contribution in [-0.4, -0.2) is 37.6 Å². The molecule has 7 heteroatoms. The summed E-state index contributed by atoms with van der Waals surface area (Å²) in [5.41, 5.74) is 2.72. The van der Waals surface area contributed by atoms with Crippen LogP contribution in [0.25, 0.3) is 11.0 Å². The fraction of sp³-hybridized carbons (Fsp3) is 0.458. The molecule has 4 bridgehead atoms. The van der Waals surface area contributed by atoms with Crippen LogP contribution in [-0.2, 0) is 6.54 Å². The van der Waals surface area contributed by atoms with Gasteiger partial charge in [0.2, 0.25) is 0 Å². The van der Waals surface area contributed by atoms with E-state index in [0.29, 0.717) is 29.9 Å². The first-order valence-electron chi connectivity index (χ1n) is 11.2. The van der Waals surface area contributed by atoms with Gasteiger partial charge >= 0.3 is 0 Å². The van der Waals surface area contributed by atoms with Crippen molar-refractivity contribution in [2.45, 2.75) is 50.3 Å². The maximum absolute atomic E-state index is 13.1. The Kier molecular flexibility index (Phi) is 4.28. The third-order valence-corrected chi connectivity index (χ3v) is 7.59. The first-order chi connectivity index (χ1) is 15.1. The Hall–Kier alpha value is -2.93. The smallest absolute Gasteiger partial charge is 0.255 e. The molecule has 3 aromatic heterocycles. The zero-order valence-corrected chi connectivity index (χ0v) is 17.3. The van der Waals surface area contributed by atoms with E-state index in [1.807, 2.05) is 24.4 Å². The molecule has 4 N–H and O–H groups in total. The Labute approximate surface area is 180 Å². The monoisotopic (exact) mass is 417 g/mol. The molecule has 7 rings (SSSR count). The minimum Gasteiger partial charge on any atom is -0.390 e. The van der Waals surface area contributed by atoms with Crippen LogP contribution in [0.2, 0.25) is 0 Å². The summed E-state index contributed by atoms with van der Waals surface area (Å²) in [6.07, 6.45) is 12.0. The van der Waals surface area contributed by atoms with Gasteiger partial charge < -0.3 is 20.7 Å². The van der Waals surface area contributed by atoms with E-state index in [-0.39, 0.29) is 11.9 Å². The van der Waals surface area contributed by atoms with E-state index in [0.717, 1.165) is 41.5 Å². The minimum atomic E-state index is -0.471. The molecule has 3 heterocycles. The number of aromatic amines is 1. The van der Waals surface area contributed by atoms with Crippen molar-refractivity contribution in [3.63, 3.8) is 0 Å². The number of amides is 1. The van der Waals surface area contributed by atoms with Gasteiger partial charge in [-0.3, -0.25) is 9.78 Å².